The lowest BCUT2D eigenvalue weighted by Crippen LogP contribution is -2.37. The maximum absolute atomic E-state index is 12.4. The molecule has 6 nitrogen and oxygen atoms in total. The Kier molecular flexibility index (Phi) is 4.42. The number of fused-ring (bicyclic) bond motifs is 1. The van der Waals surface area contributed by atoms with Crippen molar-refractivity contribution in [2.24, 2.45) is 5.92 Å². The van der Waals surface area contributed by atoms with Crippen LogP contribution in [-0.2, 0) is 16.0 Å². The fourth-order valence-electron chi connectivity index (χ4n) is 3.94. The first kappa shape index (κ1) is 16.1. The Morgan fingerprint density at radius 1 is 1.28 bits per heavy atom. The minimum Gasteiger partial charge on any atom is -0.441 e. The van der Waals surface area contributed by atoms with E-state index >= 15 is 0 Å². The van der Waals surface area contributed by atoms with Crippen molar-refractivity contribution in [1.29, 1.82) is 0 Å². The van der Waals surface area contributed by atoms with E-state index in [-0.39, 0.29) is 17.7 Å². The number of likely N-dealkylation sites (tertiary alicyclic amines) is 1. The van der Waals surface area contributed by atoms with Gasteiger partial charge in [0.15, 0.2) is 11.5 Å². The summed E-state index contributed by atoms with van der Waals surface area (Å²) >= 11 is 0. The minimum absolute atomic E-state index is 0.0371. The number of hydrogen-bond donors (Lipinski definition) is 1. The second-order valence-corrected chi connectivity index (χ2v) is 7.00. The van der Waals surface area contributed by atoms with Gasteiger partial charge in [-0.2, -0.15) is 0 Å². The number of amides is 2. The van der Waals surface area contributed by atoms with E-state index in [9.17, 15) is 9.59 Å². The molecule has 0 unspecified atom stereocenters. The summed E-state index contributed by atoms with van der Waals surface area (Å²) in [6.07, 6.45) is 5.43. The molecule has 2 aliphatic rings. The first-order valence-corrected chi connectivity index (χ1v) is 9.12. The lowest BCUT2D eigenvalue weighted by Gasteiger charge is -2.23. The average molecular weight is 341 g/mol. The molecule has 1 aromatic carbocycles. The first-order valence-electron chi connectivity index (χ1n) is 9.12. The van der Waals surface area contributed by atoms with Gasteiger partial charge < -0.3 is 14.6 Å². The zero-order chi connectivity index (χ0) is 17.2. The zero-order valence-electron chi connectivity index (χ0n) is 14.2. The highest BCUT2D eigenvalue weighted by Crippen LogP contribution is 2.29. The van der Waals surface area contributed by atoms with E-state index in [4.69, 9.17) is 4.42 Å². The molecule has 0 spiro atoms. The second-order valence-electron chi connectivity index (χ2n) is 7.00. The van der Waals surface area contributed by atoms with E-state index in [2.05, 4.69) is 10.3 Å². The van der Waals surface area contributed by atoms with Crippen molar-refractivity contribution >= 4 is 22.9 Å². The minimum atomic E-state index is -0.225. The van der Waals surface area contributed by atoms with Crippen LogP contribution in [0.3, 0.4) is 0 Å². The number of hydrogen-bond acceptors (Lipinski definition) is 4. The predicted octanol–water partition coefficient (Wildman–Crippen LogP) is 2.28. The van der Waals surface area contributed by atoms with Gasteiger partial charge in [0.05, 0.1) is 5.92 Å². The van der Waals surface area contributed by atoms with Crippen molar-refractivity contribution in [3.63, 3.8) is 0 Å². The molecule has 0 bridgehead atoms. The molecule has 2 aromatic rings. The summed E-state index contributed by atoms with van der Waals surface area (Å²) in [7, 11) is 0. The Bertz CT molecular complexity index is 746. The number of rotatable bonds is 5. The molecule has 2 heterocycles. The number of benzene rings is 1. The van der Waals surface area contributed by atoms with Crippen LogP contribution in [0.25, 0.3) is 11.1 Å². The highest BCUT2D eigenvalue weighted by molar-refractivity contribution is 5.89. The summed E-state index contributed by atoms with van der Waals surface area (Å²) < 4.78 is 5.65. The van der Waals surface area contributed by atoms with Gasteiger partial charge in [-0.15, -0.1) is 0 Å². The van der Waals surface area contributed by atoms with Crippen molar-refractivity contribution in [3.8, 4) is 0 Å². The Balaban J connectivity index is 1.28. The quantitative estimate of drug-likeness (QED) is 0.905. The summed E-state index contributed by atoms with van der Waals surface area (Å²) in [5.41, 5.74) is 1.59. The molecule has 4 rings (SSSR count). The normalized spacial score (nSPS) is 21.4. The number of nitrogens with zero attached hydrogens (tertiary/aromatic N) is 2. The van der Waals surface area contributed by atoms with Crippen molar-refractivity contribution in [1.82, 2.24) is 15.2 Å². The van der Waals surface area contributed by atoms with E-state index in [0.29, 0.717) is 37.9 Å². The summed E-state index contributed by atoms with van der Waals surface area (Å²) in [5, 5.41) is 2.93. The van der Waals surface area contributed by atoms with Crippen molar-refractivity contribution in [2.75, 3.05) is 13.1 Å². The van der Waals surface area contributed by atoms with Crippen molar-refractivity contribution in [2.45, 2.75) is 44.6 Å². The van der Waals surface area contributed by atoms with Crippen molar-refractivity contribution in [3.05, 3.63) is 30.2 Å². The number of para-hydroxylation sites is 2. The molecule has 1 aliphatic heterocycles. The van der Waals surface area contributed by atoms with Crippen LogP contribution in [0.4, 0.5) is 0 Å². The Labute approximate surface area is 146 Å². The molecule has 1 aromatic heterocycles. The predicted molar refractivity (Wildman–Crippen MR) is 92.8 cm³/mol. The van der Waals surface area contributed by atoms with Gasteiger partial charge in [-0.1, -0.05) is 25.0 Å². The largest absolute Gasteiger partial charge is 0.441 e. The number of carbonyl (C=O) groups excluding carboxylic acids is 2. The molecule has 25 heavy (non-hydrogen) atoms. The van der Waals surface area contributed by atoms with Gasteiger partial charge in [-0.3, -0.25) is 9.59 Å². The van der Waals surface area contributed by atoms with Crippen LogP contribution in [0.5, 0.6) is 0 Å². The van der Waals surface area contributed by atoms with Crippen LogP contribution in [0, 0.1) is 5.92 Å². The van der Waals surface area contributed by atoms with E-state index in [1.54, 1.807) is 0 Å². The third-order valence-corrected chi connectivity index (χ3v) is 5.27. The maximum atomic E-state index is 12.4. The van der Waals surface area contributed by atoms with Crippen LogP contribution in [0.2, 0.25) is 0 Å². The molecule has 1 saturated carbocycles. The average Bonchev–Trinajstić information content (AvgIpc) is 3.33. The van der Waals surface area contributed by atoms with E-state index in [1.165, 1.54) is 12.8 Å². The van der Waals surface area contributed by atoms with Crippen LogP contribution < -0.4 is 5.32 Å². The Hall–Kier alpha value is -2.37. The van der Waals surface area contributed by atoms with Crippen LogP contribution in [-0.4, -0.2) is 40.8 Å². The standard InChI is InChI=1S/C19H23N3O3/c23-18-11-13(12-22(18)14-5-1-2-6-14)19(24)20-10-9-17-21-15-7-3-4-8-16(15)25-17/h3-4,7-8,13-14H,1-2,5-6,9-12H2,(H,20,24)/t13-/m1/s1. The van der Waals surface area contributed by atoms with Gasteiger partial charge in [0.2, 0.25) is 11.8 Å². The summed E-state index contributed by atoms with van der Waals surface area (Å²) in [6.45, 7) is 1.04. The molecular formula is C19H23N3O3. The lowest BCUT2D eigenvalue weighted by molar-refractivity contribution is -0.130. The molecule has 2 amide bonds. The summed E-state index contributed by atoms with van der Waals surface area (Å²) in [5.74, 6) is 0.490. The van der Waals surface area contributed by atoms with Crippen LogP contribution in [0.1, 0.15) is 38.0 Å². The SMILES string of the molecule is O=C(NCCc1nc2ccccc2o1)[C@@H]1CC(=O)N(C2CCCC2)C1. The third kappa shape index (κ3) is 3.38. The Morgan fingerprint density at radius 2 is 2.08 bits per heavy atom. The number of aromatic nitrogens is 1. The summed E-state index contributed by atoms with van der Waals surface area (Å²) in [6, 6.07) is 7.97. The zero-order valence-corrected chi connectivity index (χ0v) is 14.2. The molecule has 2 fully saturated rings. The smallest absolute Gasteiger partial charge is 0.225 e. The lowest BCUT2D eigenvalue weighted by atomic mass is 10.1. The topological polar surface area (TPSA) is 75.4 Å². The molecule has 1 aliphatic carbocycles. The number of nitrogens with one attached hydrogen (secondary N) is 1. The van der Waals surface area contributed by atoms with Gasteiger partial charge in [-0.25, -0.2) is 4.98 Å². The maximum Gasteiger partial charge on any atom is 0.225 e. The monoisotopic (exact) mass is 341 g/mol. The van der Waals surface area contributed by atoms with E-state index < -0.39 is 0 Å². The first-order chi connectivity index (χ1) is 12.2. The second kappa shape index (κ2) is 6.86. The molecule has 132 valence electrons. The molecule has 6 heteroatoms. The van der Waals surface area contributed by atoms with Gasteiger partial charge in [0.25, 0.3) is 0 Å². The van der Waals surface area contributed by atoms with Gasteiger partial charge in [0, 0.05) is 32.0 Å². The molecule has 1 atom stereocenters. The number of carbonyl (C=O) groups is 2. The van der Waals surface area contributed by atoms with E-state index in [0.717, 1.165) is 23.9 Å². The van der Waals surface area contributed by atoms with Crippen LogP contribution in [0.15, 0.2) is 28.7 Å². The summed E-state index contributed by atoms with van der Waals surface area (Å²) in [4.78, 5) is 30.9. The molecule has 0 radical (unpaired) electrons. The highest BCUT2D eigenvalue weighted by Gasteiger charge is 2.38. The Morgan fingerprint density at radius 3 is 2.88 bits per heavy atom. The van der Waals surface area contributed by atoms with Gasteiger partial charge in [-0.05, 0) is 25.0 Å². The fraction of sp³-hybridized carbons (Fsp3) is 0.526. The van der Waals surface area contributed by atoms with Gasteiger partial charge >= 0.3 is 0 Å². The van der Waals surface area contributed by atoms with E-state index in [1.807, 2.05) is 29.2 Å². The third-order valence-electron chi connectivity index (χ3n) is 5.27. The molecule has 1 N–H and O–H groups in total. The number of oxazole rings is 1. The molecule has 1 saturated heterocycles. The highest BCUT2D eigenvalue weighted by atomic mass is 16.3. The van der Waals surface area contributed by atoms with Crippen molar-refractivity contribution < 1.29 is 14.0 Å². The molecular weight excluding hydrogens is 318 g/mol. The van der Waals surface area contributed by atoms with Gasteiger partial charge in [0.1, 0.15) is 5.52 Å². The fourth-order valence-corrected chi connectivity index (χ4v) is 3.94. The van der Waals surface area contributed by atoms with Crippen LogP contribution >= 0.6 is 0 Å².